The lowest BCUT2D eigenvalue weighted by Gasteiger charge is -2.10. The highest BCUT2D eigenvalue weighted by atomic mass is 14.7. The molecule has 18 heavy (non-hydrogen) atoms. The molecule has 2 rings (SSSR count). The van der Waals surface area contributed by atoms with Crippen molar-refractivity contribution in [2.45, 2.75) is 13.8 Å². The van der Waals surface area contributed by atoms with Gasteiger partial charge in [0, 0.05) is 5.56 Å². The van der Waals surface area contributed by atoms with E-state index in [0.29, 0.717) is 0 Å². The lowest BCUT2D eigenvalue weighted by molar-refractivity contribution is 1.46. The lowest BCUT2D eigenvalue weighted by Crippen LogP contribution is -1.86. The summed E-state index contributed by atoms with van der Waals surface area (Å²) < 4.78 is 0. The normalized spacial score (nSPS) is 11.9. The molecule has 2 aromatic rings. The average molecular weight is 235 g/mol. The molecule has 0 radical (unpaired) electrons. The van der Waals surface area contributed by atoms with E-state index in [-0.39, 0.29) is 0 Å². The van der Waals surface area contributed by atoms with Crippen LogP contribution in [-0.4, -0.2) is 6.72 Å². The number of para-hydroxylation sites is 1. The molecule has 1 heteroatoms. The smallest absolute Gasteiger partial charge is 0.0697 e. The Morgan fingerprint density at radius 1 is 0.833 bits per heavy atom. The first-order valence-corrected chi connectivity index (χ1v) is 6.03. The largest absolute Gasteiger partial charge is 0.264 e. The SMILES string of the molecule is C=Nc1ccccc1/C(C)=C(\C)c1ccccc1. The third kappa shape index (κ3) is 2.40. The Bertz CT molecular complexity index is 580. The van der Waals surface area contributed by atoms with E-state index in [4.69, 9.17) is 0 Å². The third-order valence-corrected chi connectivity index (χ3v) is 3.25. The fourth-order valence-corrected chi connectivity index (χ4v) is 2.04. The zero-order chi connectivity index (χ0) is 13.0. The molecule has 0 saturated heterocycles. The molecule has 0 unspecified atom stereocenters. The Hall–Kier alpha value is -2.15. The summed E-state index contributed by atoms with van der Waals surface area (Å²) in [5.41, 5.74) is 5.84. The van der Waals surface area contributed by atoms with Crippen LogP contribution in [0.1, 0.15) is 25.0 Å². The van der Waals surface area contributed by atoms with E-state index in [9.17, 15) is 0 Å². The van der Waals surface area contributed by atoms with Gasteiger partial charge in [-0.2, -0.15) is 0 Å². The molecule has 0 amide bonds. The van der Waals surface area contributed by atoms with Gasteiger partial charge >= 0.3 is 0 Å². The molecule has 0 aromatic heterocycles. The molecule has 0 atom stereocenters. The molecule has 0 bridgehead atoms. The van der Waals surface area contributed by atoms with Gasteiger partial charge in [0.05, 0.1) is 5.69 Å². The maximum absolute atomic E-state index is 4.08. The topological polar surface area (TPSA) is 12.4 Å². The highest BCUT2D eigenvalue weighted by Crippen LogP contribution is 2.31. The summed E-state index contributed by atoms with van der Waals surface area (Å²) in [5.74, 6) is 0. The van der Waals surface area contributed by atoms with Gasteiger partial charge in [0.15, 0.2) is 0 Å². The Morgan fingerprint density at radius 2 is 1.44 bits per heavy atom. The van der Waals surface area contributed by atoms with Gasteiger partial charge in [-0.05, 0) is 43.3 Å². The number of hydrogen-bond acceptors (Lipinski definition) is 1. The van der Waals surface area contributed by atoms with Gasteiger partial charge in [-0.1, -0.05) is 48.5 Å². The summed E-state index contributed by atoms with van der Waals surface area (Å²) in [6, 6.07) is 18.5. The second-order valence-corrected chi connectivity index (χ2v) is 4.29. The van der Waals surface area contributed by atoms with Gasteiger partial charge in [-0.15, -0.1) is 0 Å². The van der Waals surface area contributed by atoms with Crippen LogP contribution in [0.5, 0.6) is 0 Å². The van der Waals surface area contributed by atoms with Crippen molar-refractivity contribution < 1.29 is 0 Å². The van der Waals surface area contributed by atoms with Crippen molar-refractivity contribution in [2.24, 2.45) is 4.99 Å². The zero-order valence-corrected chi connectivity index (χ0v) is 10.9. The average Bonchev–Trinajstić information content (AvgIpc) is 2.46. The fraction of sp³-hybridized carbons (Fsp3) is 0.118. The van der Waals surface area contributed by atoms with Gasteiger partial charge in [-0.3, -0.25) is 4.99 Å². The minimum absolute atomic E-state index is 0.935. The number of nitrogens with zero attached hydrogens (tertiary/aromatic N) is 1. The minimum atomic E-state index is 0.935. The first-order valence-electron chi connectivity index (χ1n) is 6.03. The van der Waals surface area contributed by atoms with Crippen LogP contribution in [-0.2, 0) is 0 Å². The number of allylic oxidation sites excluding steroid dienone is 2. The monoisotopic (exact) mass is 235 g/mol. The van der Waals surface area contributed by atoms with E-state index >= 15 is 0 Å². The second kappa shape index (κ2) is 5.46. The molecule has 90 valence electrons. The lowest BCUT2D eigenvalue weighted by atomic mass is 9.96. The summed E-state index contributed by atoms with van der Waals surface area (Å²) in [6.45, 7) is 7.91. The summed E-state index contributed by atoms with van der Waals surface area (Å²) >= 11 is 0. The Labute approximate surface area is 109 Å². The van der Waals surface area contributed by atoms with Crippen LogP contribution in [0.3, 0.4) is 0 Å². The maximum Gasteiger partial charge on any atom is 0.0697 e. The molecule has 2 aromatic carbocycles. The van der Waals surface area contributed by atoms with Crippen LogP contribution in [0, 0.1) is 0 Å². The quantitative estimate of drug-likeness (QED) is 0.526. The number of benzene rings is 2. The molecule has 0 aliphatic carbocycles. The summed E-state index contributed by atoms with van der Waals surface area (Å²) in [7, 11) is 0. The molecule has 0 N–H and O–H groups in total. The van der Waals surface area contributed by atoms with Crippen molar-refractivity contribution in [1.82, 2.24) is 0 Å². The second-order valence-electron chi connectivity index (χ2n) is 4.29. The van der Waals surface area contributed by atoms with E-state index in [0.717, 1.165) is 11.3 Å². The van der Waals surface area contributed by atoms with Crippen LogP contribution < -0.4 is 0 Å². The van der Waals surface area contributed by atoms with Crippen LogP contribution in [0.25, 0.3) is 11.1 Å². The number of aliphatic imine (C=N–C) groups is 1. The molecule has 1 nitrogen and oxygen atoms in total. The molecule has 0 saturated carbocycles. The van der Waals surface area contributed by atoms with Crippen molar-refractivity contribution in [3.63, 3.8) is 0 Å². The van der Waals surface area contributed by atoms with Crippen molar-refractivity contribution in [3.8, 4) is 0 Å². The highest BCUT2D eigenvalue weighted by Gasteiger charge is 2.06. The van der Waals surface area contributed by atoms with E-state index in [1.165, 1.54) is 16.7 Å². The summed E-state index contributed by atoms with van der Waals surface area (Å²) in [4.78, 5) is 4.08. The first kappa shape index (κ1) is 12.3. The minimum Gasteiger partial charge on any atom is -0.264 e. The van der Waals surface area contributed by atoms with Crippen molar-refractivity contribution >= 4 is 23.6 Å². The molecular formula is C17H17N. The predicted octanol–water partition coefficient (Wildman–Crippen LogP) is 4.97. The molecule has 0 spiro atoms. The predicted molar refractivity (Wildman–Crippen MR) is 80.3 cm³/mol. The summed E-state index contributed by atoms with van der Waals surface area (Å²) in [5, 5.41) is 0. The molecule has 0 aliphatic heterocycles. The number of hydrogen-bond donors (Lipinski definition) is 0. The van der Waals surface area contributed by atoms with Crippen LogP contribution in [0.4, 0.5) is 5.69 Å². The maximum atomic E-state index is 4.08. The van der Waals surface area contributed by atoms with Gasteiger partial charge in [-0.25, -0.2) is 0 Å². The van der Waals surface area contributed by atoms with Crippen LogP contribution >= 0.6 is 0 Å². The van der Waals surface area contributed by atoms with Crippen molar-refractivity contribution in [3.05, 3.63) is 65.7 Å². The Balaban J connectivity index is 2.53. The fourth-order valence-electron chi connectivity index (χ4n) is 2.04. The van der Waals surface area contributed by atoms with Crippen molar-refractivity contribution in [1.29, 1.82) is 0 Å². The molecular weight excluding hydrogens is 218 g/mol. The standard InChI is InChI=1S/C17H17N/c1-13(15-9-5-4-6-10-15)14(2)16-11-7-8-12-17(16)18-3/h4-12H,3H2,1-2H3/b14-13+. The number of rotatable bonds is 3. The van der Waals surface area contributed by atoms with E-state index in [1.54, 1.807) is 0 Å². The van der Waals surface area contributed by atoms with E-state index in [1.807, 2.05) is 24.3 Å². The van der Waals surface area contributed by atoms with Crippen LogP contribution in [0.2, 0.25) is 0 Å². The van der Waals surface area contributed by atoms with E-state index in [2.05, 4.69) is 55.9 Å². The van der Waals surface area contributed by atoms with Crippen molar-refractivity contribution in [2.75, 3.05) is 0 Å². The third-order valence-electron chi connectivity index (χ3n) is 3.25. The Kier molecular flexibility index (Phi) is 3.73. The molecule has 0 fully saturated rings. The van der Waals surface area contributed by atoms with Gasteiger partial charge < -0.3 is 0 Å². The van der Waals surface area contributed by atoms with Gasteiger partial charge in [0.1, 0.15) is 0 Å². The van der Waals surface area contributed by atoms with Gasteiger partial charge in [0.2, 0.25) is 0 Å². The molecule has 0 aliphatic rings. The first-order chi connectivity index (χ1) is 8.74. The van der Waals surface area contributed by atoms with E-state index < -0.39 is 0 Å². The molecule has 0 heterocycles. The zero-order valence-electron chi connectivity index (χ0n) is 10.9. The Morgan fingerprint density at radius 3 is 2.11 bits per heavy atom. The summed E-state index contributed by atoms with van der Waals surface area (Å²) in [6.07, 6.45) is 0. The van der Waals surface area contributed by atoms with Crippen LogP contribution in [0.15, 0.2) is 59.6 Å². The highest BCUT2D eigenvalue weighted by molar-refractivity contribution is 5.92. The van der Waals surface area contributed by atoms with Gasteiger partial charge in [0.25, 0.3) is 0 Å².